The van der Waals surface area contributed by atoms with Crippen molar-refractivity contribution in [2.75, 3.05) is 6.54 Å². The highest BCUT2D eigenvalue weighted by atomic mass is 35.5. The Morgan fingerprint density at radius 3 is 2.71 bits per heavy atom. The van der Waals surface area contributed by atoms with E-state index in [2.05, 4.69) is 5.32 Å². The van der Waals surface area contributed by atoms with Gasteiger partial charge in [-0.3, -0.25) is 4.79 Å². The fraction of sp³-hybridized carbons (Fsp3) is 0.923. The van der Waals surface area contributed by atoms with E-state index in [1.807, 2.05) is 6.92 Å². The number of hydrogen-bond acceptors (Lipinski definition) is 2. The number of rotatable bonds is 5. The van der Waals surface area contributed by atoms with Gasteiger partial charge in [0.1, 0.15) is 0 Å². The topological polar surface area (TPSA) is 55.1 Å². The fourth-order valence-corrected chi connectivity index (χ4v) is 3.49. The van der Waals surface area contributed by atoms with Crippen molar-refractivity contribution in [3.63, 3.8) is 0 Å². The summed E-state index contributed by atoms with van der Waals surface area (Å²) in [4.78, 5) is 11.4. The molecule has 3 N–H and O–H groups in total. The highest BCUT2D eigenvalue weighted by Gasteiger charge is 2.38. The maximum absolute atomic E-state index is 11.4. The third-order valence-electron chi connectivity index (χ3n) is 4.23. The van der Waals surface area contributed by atoms with Gasteiger partial charge in [0.25, 0.3) is 0 Å². The van der Waals surface area contributed by atoms with Gasteiger partial charge < -0.3 is 11.1 Å². The molecule has 2 rings (SSSR count). The Kier molecular flexibility index (Phi) is 5.74. The van der Waals surface area contributed by atoms with Crippen LogP contribution in [0, 0.1) is 17.8 Å². The van der Waals surface area contributed by atoms with Crippen LogP contribution in [0.25, 0.3) is 0 Å². The second-order valence-electron chi connectivity index (χ2n) is 5.75. The molecule has 4 unspecified atom stereocenters. The van der Waals surface area contributed by atoms with E-state index >= 15 is 0 Å². The summed E-state index contributed by atoms with van der Waals surface area (Å²) in [7, 11) is 0. The van der Waals surface area contributed by atoms with Crippen molar-refractivity contribution in [3.8, 4) is 0 Å². The average molecular weight is 261 g/mol. The maximum atomic E-state index is 11.4. The Bertz CT molecular complexity index is 258. The quantitative estimate of drug-likeness (QED) is 0.795. The summed E-state index contributed by atoms with van der Waals surface area (Å²) in [5.41, 5.74) is 5.58. The summed E-state index contributed by atoms with van der Waals surface area (Å²) in [6, 6.07) is -0.0255. The summed E-state index contributed by atoms with van der Waals surface area (Å²) < 4.78 is 0. The van der Waals surface area contributed by atoms with Crippen LogP contribution in [0.3, 0.4) is 0 Å². The highest BCUT2D eigenvalue weighted by Crippen LogP contribution is 2.49. The summed E-state index contributed by atoms with van der Waals surface area (Å²) in [6.45, 7) is 2.72. The lowest BCUT2D eigenvalue weighted by Crippen LogP contribution is -2.31. The molecule has 100 valence electrons. The van der Waals surface area contributed by atoms with Gasteiger partial charge in [0.05, 0.1) is 0 Å². The third-order valence-corrected chi connectivity index (χ3v) is 4.23. The minimum absolute atomic E-state index is 0. The average Bonchev–Trinajstić information content (AvgIpc) is 2.77. The van der Waals surface area contributed by atoms with Gasteiger partial charge in [-0.05, 0) is 50.4 Å². The predicted molar refractivity (Wildman–Crippen MR) is 72.1 cm³/mol. The van der Waals surface area contributed by atoms with E-state index in [0.717, 1.165) is 24.3 Å². The van der Waals surface area contributed by atoms with Crippen LogP contribution in [0.4, 0.5) is 0 Å². The summed E-state index contributed by atoms with van der Waals surface area (Å²) in [5.74, 6) is 2.97. The second kappa shape index (κ2) is 6.60. The number of halogens is 1. The predicted octanol–water partition coefficient (Wildman–Crippen LogP) is 2.09. The van der Waals surface area contributed by atoms with Gasteiger partial charge >= 0.3 is 0 Å². The lowest BCUT2D eigenvalue weighted by atomic mass is 9.86. The third kappa shape index (κ3) is 4.14. The van der Waals surface area contributed by atoms with E-state index < -0.39 is 0 Å². The van der Waals surface area contributed by atoms with Gasteiger partial charge in [-0.25, -0.2) is 0 Å². The largest absolute Gasteiger partial charge is 0.356 e. The van der Waals surface area contributed by atoms with Crippen molar-refractivity contribution in [1.29, 1.82) is 0 Å². The molecule has 0 aromatic rings. The molecule has 4 atom stereocenters. The van der Waals surface area contributed by atoms with Crippen LogP contribution in [0.5, 0.6) is 0 Å². The second-order valence-corrected chi connectivity index (χ2v) is 5.75. The van der Waals surface area contributed by atoms with Gasteiger partial charge in [-0.1, -0.05) is 6.42 Å². The maximum Gasteiger partial charge on any atom is 0.221 e. The van der Waals surface area contributed by atoms with Gasteiger partial charge in [-0.15, -0.1) is 12.4 Å². The number of hydrogen-bond donors (Lipinski definition) is 2. The van der Waals surface area contributed by atoms with Crippen LogP contribution in [0.15, 0.2) is 0 Å². The first-order valence-electron chi connectivity index (χ1n) is 6.67. The summed E-state index contributed by atoms with van der Waals surface area (Å²) in [5, 5.41) is 2.98. The zero-order valence-corrected chi connectivity index (χ0v) is 11.5. The molecule has 4 heteroatoms. The van der Waals surface area contributed by atoms with E-state index in [0.29, 0.717) is 6.42 Å². The number of nitrogens with one attached hydrogen (secondary N) is 1. The molecule has 2 saturated carbocycles. The Morgan fingerprint density at radius 2 is 2.18 bits per heavy atom. The summed E-state index contributed by atoms with van der Waals surface area (Å²) in [6.07, 6.45) is 7.39. The molecule has 0 aromatic carbocycles. The van der Waals surface area contributed by atoms with Gasteiger partial charge in [0.2, 0.25) is 5.91 Å². The number of carbonyl (C=O) groups is 1. The van der Waals surface area contributed by atoms with Crippen LogP contribution in [-0.4, -0.2) is 18.5 Å². The molecule has 0 aliphatic heterocycles. The van der Waals surface area contributed by atoms with Crippen molar-refractivity contribution in [1.82, 2.24) is 5.32 Å². The fourth-order valence-electron chi connectivity index (χ4n) is 3.49. The van der Waals surface area contributed by atoms with E-state index in [1.165, 1.54) is 32.1 Å². The van der Waals surface area contributed by atoms with E-state index in [4.69, 9.17) is 5.73 Å². The highest BCUT2D eigenvalue weighted by molar-refractivity contribution is 5.85. The molecule has 3 nitrogen and oxygen atoms in total. The molecule has 0 spiro atoms. The van der Waals surface area contributed by atoms with Crippen molar-refractivity contribution in [2.24, 2.45) is 23.5 Å². The summed E-state index contributed by atoms with van der Waals surface area (Å²) >= 11 is 0. The van der Waals surface area contributed by atoms with Crippen LogP contribution >= 0.6 is 12.4 Å². The number of nitrogens with two attached hydrogens (primary N) is 1. The Balaban J connectivity index is 0.00000144. The zero-order valence-electron chi connectivity index (χ0n) is 10.7. The van der Waals surface area contributed by atoms with Crippen LogP contribution in [-0.2, 0) is 4.79 Å². The minimum Gasteiger partial charge on any atom is -0.356 e. The smallest absolute Gasteiger partial charge is 0.221 e. The van der Waals surface area contributed by atoms with E-state index in [9.17, 15) is 4.79 Å². The Labute approximate surface area is 110 Å². The molecular formula is C13H25ClN2O. The molecule has 0 saturated heterocycles. The molecule has 0 aromatic heterocycles. The Morgan fingerprint density at radius 1 is 1.41 bits per heavy atom. The SMILES string of the molecule is CC(N)CC(=O)NCCC1CC2CCC1C2.Cl. The molecule has 2 bridgehead atoms. The van der Waals surface area contributed by atoms with Crippen LogP contribution in [0.1, 0.15) is 45.4 Å². The van der Waals surface area contributed by atoms with Crippen molar-refractivity contribution in [2.45, 2.75) is 51.5 Å². The number of amides is 1. The van der Waals surface area contributed by atoms with Gasteiger partial charge in [0.15, 0.2) is 0 Å². The van der Waals surface area contributed by atoms with Gasteiger partial charge in [-0.2, -0.15) is 0 Å². The normalized spacial score (nSPS) is 32.0. The van der Waals surface area contributed by atoms with E-state index in [1.54, 1.807) is 0 Å². The molecule has 1 amide bonds. The standard InChI is InChI=1S/C13H24N2O.ClH/c1-9(14)6-13(16)15-5-4-12-8-10-2-3-11(12)7-10;/h9-12H,2-8,14H2,1H3,(H,15,16);1H. The lowest BCUT2D eigenvalue weighted by Gasteiger charge is -2.21. The first-order chi connectivity index (χ1) is 7.65. The zero-order chi connectivity index (χ0) is 11.5. The molecule has 2 fully saturated rings. The van der Waals surface area contributed by atoms with Crippen LogP contribution in [0.2, 0.25) is 0 Å². The molecule has 0 heterocycles. The lowest BCUT2D eigenvalue weighted by molar-refractivity contribution is -0.121. The molecule has 17 heavy (non-hydrogen) atoms. The molecule has 0 radical (unpaired) electrons. The molecule has 2 aliphatic carbocycles. The van der Waals surface area contributed by atoms with E-state index in [-0.39, 0.29) is 24.4 Å². The van der Waals surface area contributed by atoms with Crippen LogP contribution < -0.4 is 11.1 Å². The minimum atomic E-state index is -0.0255. The number of fused-ring (bicyclic) bond motifs is 2. The number of carbonyl (C=O) groups excluding carboxylic acids is 1. The monoisotopic (exact) mass is 260 g/mol. The van der Waals surface area contributed by atoms with Crippen molar-refractivity contribution < 1.29 is 4.79 Å². The van der Waals surface area contributed by atoms with Crippen molar-refractivity contribution in [3.05, 3.63) is 0 Å². The Hall–Kier alpha value is -0.280. The van der Waals surface area contributed by atoms with Crippen molar-refractivity contribution >= 4 is 18.3 Å². The van der Waals surface area contributed by atoms with Gasteiger partial charge in [0, 0.05) is 19.0 Å². The molecule has 2 aliphatic rings. The first-order valence-corrected chi connectivity index (χ1v) is 6.67. The first kappa shape index (κ1) is 14.8. The molecular weight excluding hydrogens is 236 g/mol.